The molecule has 1 fully saturated rings. The van der Waals surface area contributed by atoms with E-state index in [2.05, 4.69) is 5.32 Å². The minimum atomic E-state index is -1.10. The van der Waals surface area contributed by atoms with Crippen molar-refractivity contribution in [2.75, 3.05) is 16.8 Å². The summed E-state index contributed by atoms with van der Waals surface area (Å²) in [5.41, 5.74) is 6.25. The van der Waals surface area contributed by atoms with Crippen molar-refractivity contribution in [2.24, 2.45) is 0 Å². The van der Waals surface area contributed by atoms with Crippen molar-refractivity contribution < 1.29 is 14.7 Å². The number of carbonyl (C=O) groups is 2. The van der Waals surface area contributed by atoms with Crippen molar-refractivity contribution in [3.05, 3.63) is 23.8 Å². The van der Waals surface area contributed by atoms with Gasteiger partial charge in [0.05, 0.1) is 16.5 Å². The van der Waals surface area contributed by atoms with Gasteiger partial charge in [-0.15, -0.1) is 11.8 Å². The number of carboxylic acids is 1. The Bertz CT molecular complexity index is 499. The topological polar surface area (TPSA) is 92.4 Å². The van der Waals surface area contributed by atoms with Crippen molar-refractivity contribution in [3.8, 4) is 0 Å². The smallest absolute Gasteiger partial charge is 0.337 e. The van der Waals surface area contributed by atoms with Crippen LogP contribution in [0.4, 0.5) is 11.4 Å². The SMILES string of the molecule is Nc1ccc(NC(=O)C2CCCCS2)c(C(=O)O)c1. The highest BCUT2D eigenvalue weighted by Gasteiger charge is 2.23. The van der Waals surface area contributed by atoms with Crippen LogP contribution in [-0.4, -0.2) is 28.0 Å². The van der Waals surface area contributed by atoms with Crippen LogP contribution in [-0.2, 0) is 4.79 Å². The lowest BCUT2D eigenvalue weighted by molar-refractivity contribution is -0.115. The molecule has 0 spiro atoms. The number of benzene rings is 1. The van der Waals surface area contributed by atoms with E-state index in [9.17, 15) is 9.59 Å². The first-order valence-corrected chi connectivity index (χ1v) is 7.18. The van der Waals surface area contributed by atoms with E-state index < -0.39 is 5.97 Å². The first-order valence-electron chi connectivity index (χ1n) is 6.13. The van der Waals surface area contributed by atoms with E-state index in [1.807, 2.05) is 0 Å². The van der Waals surface area contributed by atoms with E-state index in [4.69, 9.17) is 10.8 Å². The molecule has 1 aromatic carbocycles. The van der Waals surface area contributed by atoms with Crippen molar-refractivity contribution in [1.29, 1.82) is 0 Å². The van der Waals surface area contributed by atoms with Crippen LogP contribution < -0.4 is 11.1 Å². The predicted octanol–water partition coefficient (Wildman–Crippen LogP) is 2.19. The lowest BCUT2D eigenvalue weighted by atomic mass is 10.1. The molecule has 1 aliphatic rings. The van der Waals surface area contributed by atoms with E-state index >= 15 is 0 Å². The number of nitrogens with one attached hydrogen (secondary N) is 1. The van der Waals surface area contributed by atoms with E-state index in [1.54, 1.807) is 17.8 Å². The second-order valence-electron chi connectivity index (χ2n) is 4.45. The molecular weight excluding hydrogens is 264 g/mol. The van der Waals surface area contributed by atoms with Gasteiger partial charge in [0.2, 0.25) is 5.91 Å². The van der Waals surface area contributed by atoms with Crippen LogP contribution in [0.15, 0.2) is 18.2 Å². The molecule has 1 amide bonds. The van der Waals surface area contributed by atoms with Crippen molar-refractivity contribution >= 4 is 35.0 Å². The molecule has 0 aromatic heterocycles. The summed E-state index contributed by atoms with van der Waals surface area (Å²) < 4.78 is 0. The number of aromatic carboxylic acids is 1. The van der Waals surface area contributed by atoms with Gasteiger partial charge in [0.1, 0.15) is 0 Å². The summed E-state index contributed by atoms with van der Waals surface area (Å²) in [5, 5.41) is 11.7. The van der Waals surface area contributed by atoms with Gasteiger partial charge in [0.15, 0.2) is 0 Å². The minimum Gasteiger partial charge on any atom is -0.478 e. The molecule has 19 heavy (non-hydrogen) atoms. The quantitative estimate of drug-likeness (QED) is 0.738. The largest absolute Gasteiger partial charge is 0.478 e. The molecule has 1 atom stereocenters. The van der Waals surface area contributed by atoms with E-state index in [0.29, 0.717) is 11.4 Å². The maximum atomic E-state index is 12.1. The molecule has 0 aliphatic carbocycles. The molecule has 4 N–H and O–H groups in total. The molecule has 1 aliphatic heterocycles. The van der Waals surface area contributed by atoms with Gasteiger partial charge in [-0.2, -0.15) is 0 Å². The molecule has 6 heteroatoms. The third-order valence-electron chi connectivity index (χ3n) is 3.00. The van der Waals surface area contributed by atoms with Gasteiger partial charge in [0, 0.05) is 5.69 Å². The standard InChI is InChI=1S/C13H16N2O3S/c14-8-4-5-10(9(7-8)13(17)18)15-12(16)11-3-1-2-6-19-11/h4-5,7,11H,1-3,6,14H2,(H,15,16)(H,17,18). The monoisotopic (exact) mass is 280 g/mol. The number of anilines is 2. The molecule has 1 heterocycles. The van der Waals surface area contributed by atoms with Gasteiger partial charge in [-0.25, -0.2) is 4.79 Å². The maximum Gasteiger partial charge on any atom is 0.337 e. The Morgan fingerprint density at radius 1 is 1.37 bits per heavy atom. The van der Waals surface area contributed by atoms with Gasteiger partial charge in [0.25, 0.3) is 0 Å². The molecule has 102 valence electrons. The van der Waals surface area contributed by atoms with Gasteiger partial charge < -0.3 is 16.2 Å². The maximum absolute atomic E-state index is 12.1. The van der Waals surface area contributed by atoms with Crippen LogP contribution in [0.3, 0.4) is 0 Å². The van der Waals surface area contributed by atoms with Crippen LogP contribution in [0.1, 0.15) is 29.6 Å². The average Bonchev–Trinajstić information content (AvgIpc) is 2.41. The summed E-state index contributed by atoms with van der Waals surface area (Å²) in [5.74, 6) is -0.248. The Morgan fingerprint density at radius 2 is 2.16 bits per heavy atom. The first-order chi connectivity index (χ1) is 9.08. The van der Waals surface area contributed by atoms with Crippen LogP contribution in [0.2, 0.25) is 0 Å². The second kappa shape index (κ2) is 5.97. The molecule has 0 saturated carbocycles. The predicted molar refractivity (Wildman–Crippen MR) is 76.5 cm³/mol. The fraction of sp³-hybridized carbons (Fsp3) is 0.385. The Balaban J connectivity index is 2.13. The summed E-state index contributed by atoms with van der Waals surface area (Å²) in [4.78, 5) is 23.2. The normalized spacial score (nSPS) is 18.8. The minimum absolute atomic E-state index is 0.0224. The summed E-state index contributed by atoms with van der Waals surface area (Å²) in [6.45, 7) is 0. The van der Waals surface area contributed by atoms with Gasteiger partial charge in [-0.1, -0.05) is 6.42 Å². The van der Waals surface area contributed by atoms with Crippen molar-refractivity contribution in [1.82, 2.24) is 0 Å². The molecule has 0 radical (unpaired) electrons. The van der Waals surface area contributed by atoms with Crippen LogP contribution in [0, 0.1) is 0 Å². The number of nitrogens with two attached hydrogens (primary N) is 1. The number of amides is 1. The number of rotatable bonds is 3. The van der Waals surface area contributed by atoms with E-state index in [0.717, 1.165) is 25.0 Å². The third kappa shape index (κ3) is 3.41. The van der Waals surface area contributed by atoms with E-state index in [-0.39, 0.29) is 16.7 Å². The number of nitrogen functional groups attached to an aromatic ring is 1. The Morgan fingerprint density at radius 3 is 2.79 bits per heavy atom. The third-order valence-corrected chi connectivity index (χ3v) is 4.38. The van der Waals surface area contributed by atoms with Crippen LogP contribution in [0.5, 0.6) is 0 Å². The zero-order valence-electron chi connectivity index (χ0n) is 10.4. The van der Waals surface area contributed by atoms with Crippen molar-refractivity contribution in [2.45, 2.75) is 24.5 Å². The summed E-state index contributed by atoms with van der Waals surface area (Å²) in [7, 11) is 0. The van der Waals surface area contributed by atoms with Crippen molar-refractivity contribution in [3.63, 3.8) is 0 Å². The highest BCUT2D eigenvalue weighted by Crippen LogP contribution is 2.27. The number of hydrogen-bond donors (Lipinski definition) is 3. The number of hydrogen-bond acceptors (Lipinski definition) is 4. The molecule has 2 rings (SSSR count). The Kier molecular flexibility index (Phi) is 4.31. The molecule has 1 saturated heterocycles. The summed E-state index contributed by atoms with van der Waals surface area (Å²) >= 11 is 1.62. The molecular formula is C13H16N2O3S. The zero-order valence-corrected chi connectivity index (χ0v) is 11.2. The average molecular weight is 280 g/mol. The Hall–Kier alpha value is -1.69. The van der Waals surface area contributed by atoms with Gasteiger partial charge in [-0.3, -0.25) is 4.79 Å². The summed E-state index contributed by atoms with van der Waals surface area (Å²) in [6.07, 6.45) is 3.02. The first kappa shape index (κ1) is 13.7. The lowest BCUT2D eigenvalue weighted by Gasteiger charge is -2.21. The molecule has 5 nitrogen and oxygen atoms in total. The Labute approximate surface area is 115 Å². The summed E-state index contributed by atoms with van der Waals surface area (Å²) in [6, 6.07) is 4.46. The van der Waals surface area contributed by atoms with Gasteiger partial charge in [-0.05, 0) is 36.8 Å². The molecule has 1 aromatic rings. The fourth-order valence-corrected chi connectivity index (χ4v) is 3.21. The second-order valence-corrected chi connectivity index (χ2v) is 5.77. The van der Waals surface area contributed by atoms with Gasteiger partial charge >= 0.3 is 5.97 Å². The zero-order chi connectivity index (χ0) is 13.8. The lowest BCUT2D eigenvalue weighted by Crippen LogP contribution is -2.28. The van der Waals surface area contributed by atoms with Crippen LogP contribution in [0.25, 0.3) is 0 Å². The number of thioether (sulfide) groups is 1. The highest BCUT2D eigenvalue weighted by molar-refractivity contribution is 8.00. The molecule has 1 unspecified atom stereocenters. The molecule has 0 bridgehead atoms. The van der Waals surface area contributed by atoms with E-state index in [1.165, 1.54) is 12.1 Å². The highest BCUT2D eigenvalue weighted by atomic mass is 32.2. The number of carbonyl (C=O) groups excluding carboxylic acids is 1. The van der Waals surface area contributed by atoms with Crippen LogP contribution >= 0.6 is 11.8 Å². The number of carboxylic acid groups (broad SMARTS) is 1. The fourth-order valence-electron chi connectivity index (χ4n) is 2.01.